The number of benzene rings is 2. The Morgan fingerprint density at radius 1 is 1.10 bits per heavy atom. The first-order valence-corrected chi connectivity index (χ1v) is 10.9. The van der Waals surface area contributed by atoms with Crippen molar-refractivity contribution in [1.82, 2.24) is 5.32 Å². The van der Waals surface area contributed by atoms with Crippen LogP contribution in [0.1, 0.15) is 40.1 Å². The minimum absolute atomic E-state index is 0.0359. The van der Waals surface area contributed by atoms with E-state index in [1.54, 1.807) is 49.6 Å². The summed E-state index contributed by atoms with van der Waals surface area (Å²) in [7, 11) is 1.57. The summed E-state index contributed by atoms with van der Waals surface area (Å²) in [4.78, 5) is 37.0. The molecule has 0 saturated carbocycles. The number of thioether (sulfide) groups is 1. The van der Waals surface area contributed by atoms with Gasteiger partial charge in [-0.3, -0.25) is 9.59 Å². The number of carbonyl (C=O) groups is 3. The summed E-state index contributed by atoms with van der Waals surface area (Å²) < 4.78 is 16.0. The van der Waals surface area contributed by atoms with Crippen LogP contribution in [0.4, 0.5) is 0 Å². The van der Waals surface area contributed by atoms with Crippen LogP contribution < -0.4 is 10.1 Å². The Bertz CT molecular complexity index is 915. The van der Waals surface area contributed by atoms with E-state index in [1.807, 2.05) is 6.92 Å². The molecule has 0 radical (unpaired) electrons. The zero-order chi connectivity index (χ0) is 22.6. The second-order valence-corrected chi connectivity index (χ2v) is 7.53. The lowest BCUT2D eigenvalue weighted by Crippen LogP contribution is -2.28. The molecule has 0 aromatic heterocycles. The van der Waals surface area contributed by atoms with E-state index in [1.165, 1.54) is 18.7 Å². The van der Waals surface area contributed by atoms with Gasteiger partial charge in [0.05, 0.1) is 24.5 Å². The number of ketones is 1. The van der Waals surface area contributed by atoms with Crippen LogP contribution in [0.2, 0.25) is 0 Å². The van der Waals surface area contributed by atoms with Crippen molar-refractivity contribution in [1.29, 1.82) is 0 Å². The lowest BCUT2D eigenvalue weighted by Gasteiger charge is -2.13. The fourth-order valence-electron chi connectivity index (χ4n) is 2.68. The summed E-state index contributed by atoms with van der Waals surface area (Å²) in [6, 6.07) is 12.0. The first kappa shape index (κ1) is 24.4. The van der Waals surface area contributed by atoms with Gasteiger partial charge < -0.3 is 19.5 Å². The third-order valence-electron chi connectivity index (χ3n) is 4.22. The van der Waals surface area contributed by atoms with Crippen molar-refractivity contribution < 1.29 is 28.6 Å². The van der Waals surface area contributed by atoms with Crippen molar-refractivity contribution in [2.75, 3.05) is 32.6 Å². The lowest BCUT2D eigenvalue weighted by molar-refractivity contribution is -0.118. The lowest BCUT2D eigenvalue weighted by atomic mass is 10.1. The van der Waals surface area contributed by atoms with Gasteiger partial charge in [0.2, 0.25) is 5.91 Å². The number of Topliss-reactive ketones (excluding diaryl/α,β-unsaturated/α-hetero) is 1. The van der Waals surface area contributed by atoms with E-state index in [0.717, 1.165) is 0 Å². The standard InChI is InChI=1S/C23H27NO6S/c1-4-29-20-10-9-17(16(2)25)13-18(20)14-30-23(27)19-7-5-6-8-21(19)31-15-22(26)24-11-12-28-3/h5-10,13H,4,11-12,14-15H2,1-3H3,(H,24,26). The van der Waals surface area contributed by atoms with Gasteiger partial charge in [-0.25, -0.2) is 4.79 Å². The molecule has 2 aromatic carbocycles. The molecular weight excluding hydrogens is 418 g/mol. The Kier molecular flexibility index (Phi) is 10.1. The Hall–Kier alpha value is -2.84. The highest BCUT2D eigenvalue weighted by Crippen LogP contribution is 2.25. The van der Waals surface area contributed by atoms with Crippen molar-refractivity contribution >= 4 is 29.4 Å². The van der Waals surface area contributed by atoms with Crippen LogP contribution in [0.25, 0.3) is 0 Å². The van der Waals surface area contributed by atoms with E-state index in [9.17, 15) is 14.4 Å². The van der Waals surface area contributed by atoms with Crippen molar-refractivity contribution in [3.05, 3.63) is 59.2 Å². The van der Waals surface area contributed by atoms with Crippen molar-refractivity contribution in [3.63, 3.8) is 0 Å². The molecule has 1 amide bonds. The molecule has 0 aliphatic rings. The molecule has 2 aromatic rings. The molecule has 2 rings (SSSR count). The maximum atomic E-state index is 12.7. The van der Waals surface area contributed by atoms with Gasteiger partial charge >= 0.3 is 5.97 Å². The minimum atomic E-state index is -0.515. The van der Waals surface area contributed by atoms with Crippen LogP contribution in [0.3, 0.4) is 0 Å². The SMILES string of the molecule is CCOc1ccc(C(C)=O)cc1COC(=O)c1ccccc1SCC(=O)NCCOC. The topological polar surface area (TPSA) is 90.9 Å². The monoisotopic (exact) mass is 445 g/mol. The molecule has 0 atom stereocenters. The molecular formula is C23H27NO6S. The number of hydrogen-bond acceptors (Lipinski definition) is 7. The summed E-state index contributed by atoms with van der Waals surface area (Å²) >= 11 is 1.26. The van der Waals surface area contributed by atoms with Gasteiger partial charge in [-0.1, -0.05) is 12.1 Å². The van der Waals surface area contributed by atoms with Crippen LogP contribution in [0.5, 0.6) is 5.75 Å². The highest BCUT2D eigenvalue weighted by Gasteiger charge is 2.16. The number of nitrogens with one attached hydrogen (secondary N) is 1. The fraction of sp³-hybridized carbons (Fsp3) is 0.348. The Balaban J connectivity index is 2.05. The van der Waals surface area contributed by atoms with Crippen molar-refractivity contribution in [2.24, 2.45) is 0 Å². The third-order valence-corrected chi connectivity index (χ3v) is 5.29. The molecule has 0 saturated heterocycles. The van der Waals surface area contributed by atoms with E-state index in [2.05, 4.69) is 5.32 Å². The fourth-order valence-corrected chi connectivity index (χ4v) is 3.55. The number of methoxy groups -OCH3 is 1. The summed E-state index contributed by atoms with van der Waals surface area (Å²) in [5.41, 5.74) is 1.51. The Morgan fingerprint density at radius 3 is 2.58 bits per heavy atom. The van der Waals surface area contributed by atoms with Crippen LogP contribution >= 0.6 is 11.8 Å². The molecule has 166 valence electrons. The number of hydrogen-bond donors (Lipinski definition) is 1. The predicted molar refractivity (Wildman–Crippen MR) is 119 cm³/mol. The maximum absolute atomic E-state index is 12.7. The average molecular weight is 446 g/mol. The van der Waals surface area contributed by atoms with Crippen molar-refractivity contribution in [2.45, 2.75) is 25.3 Å². The molecule has 0 fully saturated rings. The molecule has 0 aliphatic carbocycles. The number of esters is 1. The highest BCUT2D eigenvalue weighted by molar-refractivity contribution is 8.00. The highest BCUT2D eigenvalue weighted by atomic mass is 32.2. The van der Waals surface area contributed by atoms with Gasteiger partial charge in [-0.15, -0.1) is 11.8 Å². The predicted octanol–water partition coefficient (Wildman–Crippen LogP) is 3.50. The Labute approximate surface area is 186 Å². The second-order valence-electron chi connectivity index (χ2n) is 6.52. The molecule has 31 heavy (non-hydrogen) atoms. The number of rotatable bonds is 12. The van der Waals surface area contributed by atoms with Crippen LogP contribution in [0.15, 0.2) is 47.4 Å². The van der Waals surface area contributed by atoms with E-state index >= 15 is 0 Å². The minimum Gasteiger partial charge on any atom is -0.493 e. The molecule has 0 bridgehead atoms. The number of amides is 1. The van der Waals surface area contributed by atoms with E-state index in [-0.39, 0.29) is 24.1 Å². The van der Waals surface area contributed by atoms with Gasteiger partial charge in [0.25, 0.3) is 0 Å². The zero-order valence-electron chi connectivity index (χ0n) is 17.9. The van der Waals surface area contributed by atoms with Crippen molar-refractivity contribution in [3.8, 4) is 5.75 Å². The third kappa shape index (κ3) is 7.73. The van der Waals surface area contributed by atoms with Gasteiger partial charge in [0, 0.05) is 29.7 Å². The molecule has 0 aliphatic heterocycles. The molecule has 8 heteroatoms. The average Bonchev–Trinajstić information content (AvgIpc) is 2.77. The summed E-state index contributed by atoms with van der Waals surface area (Å²) in [6.45, 7) is 4.62. The van der Waals surface area contributed by atoms with E-state index < -0.39 is 5.97 Å². The van der Waals surface area contributed by atoms with E-state index in [0.29, 0.717) is 47.1 Å². The van der Waals surface area contributed by atoms with Gasteiger partial charge in [0.1, 0.15) is 12.4 Å². The van der Waals surface area contributed by atoms with E-state index in [4.69, 9.17) is 14.2 Å². The molecule has 1 N–H and O–H groups in total. The number of carbonyl (C=O) groups excluding carboxylic acids is 3. The normalized spacial score (nSPS) is 10.4. The van der Waals surface area contributed by atoms with Crippen LogP contribution in [-0.2, 0) is 20.9 Å². The zero-order valence-corrected chi connectivity index (χ0v) is 18.8. The first-order chi connectivity index (χ1) is 15.0. The summed E-state index contributed by atoms with van der Waals surface area (Å²) in [6.07, 6.45) is 0. The van der Waals surface area contributed by atoms with Gasteiger partial charge in [0.15, 0.2) is 5.78 Å². The molecule has 0 heterocycles. The molecule has 0 unspecified atom stereocenters. The molecule has 0 spiro atoms. The largest absolute Gasteiger partial charge is 0.493 e. The Morgan fingerprint density at radius 2 is 1.87 bits per heavy atom. The first-order valence-electron chi connectivity index (χ1n) is 9.87. The second kappa shape index (κ2) is 12.8. The summed E-state index contributed by atoms with van der Waals surface area (Å²) in [5, 5.41) is 2.74. The van der Waals surface area contributed by atoms with Gasteiger partial charge in [-0.05, 0) is 44.2 Å². The van der Waals surface area contributed by atoms with Gasteiger partial charge in [-0.2, -0.15) is 0 Å². The maximum Gasteiger partial charge on any atom is 0.339 e. The molecule has 7 nitrogen and oxygen atoms in total. The van der Waals surface area contributed by atoms with Crippen LogP contribution in [-0.4, -0.2) is 50.3 Å². The quantitative estimate of drug-likeness (QED) is 0.231. The smallest absolute Gasteiger partial charge is 0.339 e. The number of ether oxygens (including phenoxy) is 3. The van der Waals surface area contributed by atoms with Crippen LogP contribution in [0, 0.1) is 0 Å². The summed E-state index contributed by atoms with van der Waals surface area (Å²) in [5.74, 6) is -0.00796.